The summed E-state index contributed by atoms with van der Waals surface area (Å²) in [4.78, 5) is 45.7. The molecule has 1 amide bonds. The monoisotopic (exact) mass is 385 g/mol. The summed E-state index contributed by atoms with van der Waals surface area (Å²) < 4.78 is 4.84. The number of esters is 1. The van der Waals surface area contributed by atoms with Gasteiger partial charge in [0.05, 0.1) is 16.8 Å². The predicted molar refractivity (Wildman–Crippen MR) is 95.1 cm³/mol. The second-order valence-corrected chi connectivity index (χ2v) is 5.92. The molecule has 0 bridgehead atoms. The van der Waals surface area contributed by atoms with Crippen molar-refractivity contribution in [1.82, 2.24) is 15.0 Å². The van der Waals surface area contributed by atoms with Crippen LogP contribution >= 0.6 is 11.3 Å². The highest BCUT2D eigenvalue weighted by molar-refractivity contribution is 7.14. The quantitative estimate of drug-likeness (QED) is 0.388. The lowest BCUT2D eigenvalue weighted by atomic mass is 10.1. The summed E-state index contributed by atoms with van der Waals surface area (Å²) >= 11 is 1.14. The van der Waals surface area contributed by atoms with Crippen molar-refractivity contribution in [3.63, 3.8) is 0 Å². The number of benzene rings is 1. The van der Waals surface area contributed by atoms with E-state index in [0.717, 1.165) is 11.3 Å². The molecule has 27 heavy (non-hydrogen) atoms. The number of anilines is 1. The van der Waals surface area contributed by atoms with Crippen LogP contribution in [0.3, 0.4) is 0 Å². The van der Waals surface area contributed by atoms with Gasteiger partial charge in [-0.15, -0.1) is 11.3 Å². The first-order valence-electron chi connectivity index (χ1n) is 7.46. The summed E-state index contributed by atoms with van der Waals surface area (Å²) in [6.07, 6.45) is 3.97. The molecule has 0 radical (unpaired) electrons. The maximum absolute atomic E-state index is 11.9. The van der Waals surface area contributed by atoms with Gasteiger partial charge in [-0.05, 0) is 0 Å². The molecule has 0 aliphatic rings. The number of amides is 1. The summed E-state index contributed by atoms with van der Waals surface area (Å²) in [6.45, 7) is -0.513. The number of hydrogen-bond acceptors (Lipinski definition) is 9. The fraction of sp³-hybridized carbons (Fsp3) is 0.0625. The Labute approximate surface area is 156 Å². The van der Waals surface area contributed by atoms with E-state index >= 15 is 0 Å². The number of carbonyl (C=O) groups is 2. The molecule has 0 spiro atoms. The van der Waals surface area contributed by atoms with Crippen LogP contribution in [0.25, 0.3) is 11.3 Å². The topological polar surface area (TPSA) is 137 Å². The smallest absolute Gasteiger partial charge is 0.359 e. The van der Waals surface area contributed by atoms with Crippen molar-refractivity contribution < 1.29 is 19.2 Å². The Morgan fingerprint density at radius 3 is 2.89 bits per heavy atom. The van der Waals surface area contributed by atoms with E-state index in [2.05, 4.69) is 20.3 Å². The summed E-state index contributed by atoms with van der Waals surface area (Å²) in [5.41, 5.74) is 0.972. The van der Waals surface area contributed by atoms with Gasteiger partial charge in [-0.25, -0.2) is 14.8 Å². The number of non-ortho nitro benzene ring substituents is 1. The predicted octanol–water partition coefficient (Wildman–Crippen LogP) is 2.30. The van der Waals surface area contributed by atoms with Gasteiger partial charge in [-0.3, -0.25) is 25.2 Å². The van der Waals surface area contributed by atoms with Gasteiger partial charge in [0, 0.05) is 35.5 Å². The maximum Gasteiger partial charge on any atom is 0.359 e. The summed E-state index contributed by atoms with van der Waals surface area (Å²) in [5.74, 6) is -1.35. The fourth-order valence-corrected chi connectivity index (χ4v) is 2.74. The van der Waals surface area contributed by atoms with E-state index in [1.54, 1.807) is 17.5 Å². The number of hydrogen-bond donors (Lipinski definition) is 1. The van der Waals surface area contributed by atoms with Gasteiger partial charge in [0.1, 0.15) is 0 Å². The zero-order valence-electron chi connectivity index (χ0n) is 13.6. The minimum Gasteiger partial charge on any atom is -0.451 e. The normalized spacial score (nSPS) is 10.2. The molecule has 0 saturated carbocycles. The van der Waals surface area contributed by atoms with Crippen molar-refractivity contribution in [2.75, 3.05) is 11.9 Å². The maximum atomic E-state index is 11.9. The molecule has 0 atom stereocenters. The van der Waals surface area contributed by atoms with E-state index in [1.165, 1.54) is 30.7 Å². The first kappa shape index (κ1) is 18.1. The van der Waals surface area contributed by atoms with E-state index in [4.69, 9.17) is 4.74 Å². The molecule has 3 rings (SSSR count). The van der Waals surface area contributed by atoms with E-state index in [0.29, 0.717) is 11.3 Å². The Hall–Kier alpha value is -3.73. The number of nitro groups is 1. The van der Waals surface area contributed by atoms with Crippen LogP contribution in [0, 0.1) is 10.1 Å². The van der Waals surface area contributed by atoms with Crippen LogP contribution in [-0.4, -0.2) is 38.4 Å². The van der Waals surface area contributed by atoms with Crippen LogP contribution in [0.15, 0.2) is 48.2 Å². The summed E-state index contributed by atoms with van der Waals surface area (Å²) in [6, 6.07) is 6.00. The van der Waals surface area contributed by atoms with Crippen molar-refractivity contribution in [2.24, 2.45) is 0 Å². The van der Waals surface area contributed by atoms with Gasteiger partial charge >= 0.3 is 5.97 Å². The molecule has 11 heteroatoms. The molecule has 0 aliphatic heterocycles. The van der Waals surface area contributed by atoms with Crippen molar-refractivity contribution in [2.45, 2.75) is 0 Å². The van der Waals surface area contributed by atoms with Crippen molar-refractivity contribution in [1.29, 1.82) is 0 Å². The molecular formula is C16H11N5O5S. The highest BCUT2D eigenvalue weighted by Crippen LogP contribution is 2.27. The molecule has 10 nitrogen and oxygen atoms in total. The molecule has 0 aliphatic carbocycles. The van der Waals surface area contributed by atoms with Gasteiger partial charge in [-0.1, -0.05) is 12.1 Å². The van der Waals surface area contributed by atoms with Crippen LogP contribution in [0.4, 0.5) is 10.8 Å². The average Bonchev–Trinajstić information content (AvgIpc) is 3.15. The minimum absolute atomic E-state index is 0.00694. The van der Waals surface area contributed by atoms with Gasteiger partial charge in [0.2, 0.25) is 0 Å². The molecule has 0 unspecified atom stereocenters. The van der Waals surface area contributed by atoms with Crippen LogP contribution in [0.1, 0.15) is 10.5 Å². The molecule has 2 aromatic heterocycles. The molecule has 0 fully saturated rings. The highest BCUT2D eigenvalue weighted by Gasteiger charge is 2.14. The lowest BCUT2D eigenvalue weighted by Crippen LogP contribution is -2.21. The van der Waals surface area contributed by atoms with Crippen LogP contribution in [0.2, 0.25) is 0 Å². The molecular weight excluding hydrogens is 374 g/mol. The minimum atomic E-state index is -0.769. The third-order valence-corrected chi connectivity index (χ3v) is 3.97. The zero-order chi connectivity index (χ0) is 19.2. The Kier molecular flexibility index (Phi) is 5.42. The van der Waals surface area contributed by atoms with Crippen LogP contribution < -0.4 is 5.32 Å². The van der Waals surface area contributed by atoms with Crippen LogP contribution in [0.5, 0.6) is 0 Å². The van der Waals surface area contributed by atoms with E-state index < -0.39 is 23.4 Å². The molecule has 136 valence electrons. The third kappa shape index (κ3) is 4.67. The number of carbonyl (C=O) groups excluding carboxylic acids is 2. The Bertz CT molecular complexity index is 992. The Balaban J connectivity index is 1.59. The van der Waals surface area contributed by atoms with Crippen molar-refractivity contribution in [3.05, 3.63) is 64.0 Å². The van der Waals surface area contributed by atoms with E-state index in [9.17, 15) is 19.7 Å². The fourth-order valence-electron chi connectivity index (χ4n) is 2.01. The zero-order valence-corrected chi connectivity index (χ0v) is 14.4. The second-order valence-electron chi connectivity index (χ2n) is 5.06. The van der Waals surface area contributed by atoms with E-state index in [-0.39, 0.29) is 16.5 Å². The molecule has 2 heterocycles. The number of thiazole rings is 1. The van der Waals surface area contributed by atoms with Crippen molar-refractivity contribution >= 4 is 34.0 Å². The molecule has 1 aromatic carbocycles. The van der Waals surface area contributed by atoms with E-state index in [1.807, 2.05) is 0 Å². The number of aromatic nitrogens is 3. The third-order valence-electron chi connectivity index (χ3n) is 3.21. The molecule has 3 aromatic rings. The number of nitro benzene ring substituents is 1. The second kappa shape index (κ2) is 8.10. The SMILES string of the molecule is O=C(COC(=O)c1cnccn1)Nc1nc(-c2cccc([N+](=O)[O-])c2)cs1. The van der Waals surface area contributed by atoms with Gasteiger partial charge < -0.3 is 4.74 Å². The number of ether oxygens (including phenoxy) is 1. The van der Waals surface area contributed by atoms with Gasteiger partial charge in [-0.2, -0.15) is 0 Å². The average molecular weight is 385 g/mol. The largest absolute Gasteiger partial charge is 0.451 e. The summed E-state index contributed by atoms with van der Waals surface area (Å²) in [5, 5.41) is 15.3. The standard InChI is InChI=1S/C16H11N5O5S/c22-14(8-26-15(23)12-7-17-4-5-18-12)20-16-19-13(9-27-16)10-2-1-3-11(6-10)21(24)25/h1-7,9H,8H2,(H,19,20,22). The number of nitrogens with one attached hydrogen (secondary N) is 1. The number of nitrogens with zero attached hydrogens (tertiary/aromatic N) is 4. The first-order valence-corrected chi connectivity index (χ1v) is 8.34. The van der Waals surface area contributed by atoms with Gasteiger partial charge in [0.25, 0.3) is 11.6 Å². The lowest BCUT2D eigenvalue weighted by molar-refractivity contribution is -0.384. The molecule has 0 saturated heterocycles. The first-order chi connectivity index (χ1) is 13.0. The van der Waals surface area contributed by atoms with Crippen LogP contribution in [-0.2, 0) is 9.53 Å². The number of rotatable bonds is 6. The Morgan fingerprint density at radius 2 is 2.15 bits per heavy atom. The van der Waals surface area contributed by atoms with Gasteiger partial charge in [0.15, 0.2) is 17.4 Å². The molecule has 1 N–H and O–H groups in total. The lowest BCUT2D eigenvalue weighted by Gasteiger charge is -2.03. The highest BCUT2D eigenvalue weighted by atomic mass is 32.1. The summed E-state index contributed by atoms with van der Waals surface area (Å²) in [7, 11) is 0. The van der Waals surface area contributed by atoms with Crippen molar-refractivity contribution in [3.8, 4) is 11.3 Å². The Morgan fingerprint density at radius 1 is 1.30 bits per heavy atom.